The van der Waals surface area contributed by atoms with E-state index in [0.717, 1.165) is 23.3 Å². The molecule has 2 fully saturated rings. The Kier molecular flexibility index (Phi) is 5.25. The van der Waals surface area contributed by atoms with Crippen LogP contribution in [-0.4, -0.2) is 46.1 Å². The predicted molar refractivity (Wildman–Crippen MR) is 111 cm³/mol. The Morgan fingerprint density at radius 3 is 2.66 bits per heavy atom. The summed E-state index contributed by atoms with van der Waals surface area (Å²) in [5.74, 6) is 1.79. The predicted octanol–water partition coefficient (Wildman–Crippen LogP) is 3.14. The zero-order chi connectivity index (χ0) is 20.6. The van der Waals surface area contributed by atoms with E-state index in [1.807, 2.05) is 36.1 Å². The van der Waals surface area contributed by atoms with E-state index in [1.54, 1.807) is 6.20 Å². The Labute approximate surface area is 172 Å². The van der Waals surface area contributed by atoms with E-state index < -0.39 is 5.60 Å². The SMILES string of the molecule is Cc1ccccc1-c1cnc(CNCC2(O)CCN(C(=O)C3CC3(C)C)CC2)o1. The van der Waals surface area contributed by atoms with Gasteiger partial charge in [-0.15, -0.1) is 0 Å². The second-order valence-electron chi connectivity index (χ2n) is 9.33. The summed E-state index contributed by atoms with van der Waals surface area (Å²) in [5.41, 5.74) is 1.55. The molecule has 6 nitrogen and oxygen atoms in total. The molecule has 2 heterocycles. The average Bonchev–Trinajstić information content (AvgIpc) is 3.09. The van der Waals surface area contributed by atoms with Crippen molar-refractivity contribution in [3.63, 3.8) is 0 Å². The van der Waals surface area contributed by atoms with Gasteiger partial charge in [0.05, 0.1) is 18.3 Å². The highest BCUT2D eigenvalue weighted by molar-refractivity contribution is 5.82. The van der Waals surface area contributed by atoms with Crippen LogP contribution in [0, 0.1) is 18.3 Å². The van der Waals surface area contributed by atoms with Crippen LogP contribution < -0.4 is 5.32 Å². The molecule has 1 amide bonds. The van der Waals surface area contributed by atoms with Crippen LogP contribution in [0.3, 0.4) is 0 Å². The van der Waals surface area contributed by atoms with Gasteiger partial charge in [0.1, 0.15) is 0 Å². The highest BCUT2D eigenvalue weighted by Gasteiger charge is 2.52. The van der Waals surface area contributed by atoms with Crippen molar-refractivity contribution in [1.29, 1.82) is 0 Å². The van der Waals surface area contributed by atoms with Crippen molar-refractivity contribution >= 4 is 5.91 Å². The quantitative estimate of drug-likeness (QED) is 0.783. The van der Waals surface area contributed by atoms with E-state index in [0.29, 0.717) is 44.9 Å². The first kappa shape index (κ1) is 20.1. The summed E-state index contributed by atoms with van der Waals surface area (Å²) < 4.78 is 5.87. The zero-order valence-electron chi connectivity index (χ0n) is 17.6. The number of nitrogens with one attached hydrogen (secondary N) is 1. The van der Waals surface area contributed by atoms with Crippen LogP contribution in [0.2, 0.25) is 0 Å². The first-order valence-corrected chi connectivity index (χ1v) is 10.5. The van der Waals surface area contributed by atoms with E-state index in [9.17, 15) is 9.90 Å². The number of likely N-dealkylation sites (tertiary alicyclic amines) is 1. The fourth-order valence-corrected chi connectivity index (χ4v) is 4.20. The lowest BCUT2D eigenvalue weighted by molar-refractivity contribution is -0.137. The molecule has 1 aromatic heterocycles. The van der Waals surface area contributed by atoms with Crippen molar-refractivity contribution < 1.29 is 14.3 Å². The molecule has 1 aliphatic carbocycles. The summed E-state index contributed by atoms with van der Waals surface area (Å²) in [7, 11) is 0. The first-order valence-electron chi connectivity index (χ1n) is 10.5. The normalized spacial score (nSPS) is 22.5. The molecule has 0 bridgehead atoms. The number of oxazole rings is 1. The monoisotopic (exact) mass is 397 g/mol. The number of piperidine rings is 1. The molecule has 1 saturated carbocycles. The van der Waals surface area contributed by atoms with Crippen molar-refractivity contribution in [2.75, 3.05) is 19.6 Å². The van der Waals surface area contributed by atoms with Crippen molar-refractivity contribution in [2.24, 2.45) is 11.3 Å². The Hall–Kier alpha value is -2.18. The molecule has 1 saturated heterocycles. The van der Waals surface area contributed by atoms with Crippen molar-refractivity contribution in [3.05, 3.63) is 41.9 Å². The second kappa shape index (κ2) is 7.58. The molecule has 29 heavy (non-hydrogen) atoms. The third-order valence-corrected chi connectivity index (χ3v) is 6.51. The van der Waals surface area contributed by atoms with Crippen molar-refractivity contribution in [1.82, 2.24) is 15.2 Å². The van der Waals surface area contributed by atoms with Gasteiger partial charge in [-0.05, 0) is 37.2 Å². The van der Waals surface area contributed by atoms with Gasteiger partial charge in [0.25, 0.3) is 0 Å². The van der Waals surface area contributed by atoms with E-state index in [1.165, 1.54) is 0 Å². The number of aromatic nitrogens is 1. The molecule has 1 aliphatic heterocycles. The molecular formula is C23H31N3O3. The van der Waals surface area contributed by atoms with Crippen LogP contribution in [0.4, 0.5) is 0 Å². The fourth-order valence-electron chi connectivity index (χ4n) is 4.20. The summed E-state index contributed by atoms with van der Waals surface area (Å²) in [4.78, 5) is 18.8. The molecule has 156 valence electrons. The zero-order valence-corrected chi connectivity index (χ0v) is 17.6. The van der Waals surface area contributed by atoms with Gasteiger partial charge in [-0.25, -0.2) is 4.98 Å². The Balaban J connectivity index is 1.25. The lowest BCUT2D eigenvalue weighted by atomic mass is 9.91. The molecule has 1 atom stereocenters. The van der Waals surface area contributed by atoms with Crippen LogP contribution in [0.15, 0.2) is 34.9 Å². The lowest BCUT2D eigenvalue weighted by Crippen LogP contribution is -2.51. The molecule has 0 spiro atoms. The minimum atomic E-state index is -0.790. The van der Waals surface area contributed by atoms with E-state index >= 15 is 0 Å². The van der Waals surface area contributed by atoms with Gasteiger partial charge in [-0.1, -0.05) is 38.1 Å². The van der Waals surface area contributed by atoms with Crippen molar-refractivity contribution in [3.8, 4) is 11.3 Å². The maximum absolute atomic E-state index is 12.5. The number of hydrogen-bond acceptors (Lipinski definition) is 5. The van der Waals surface area contributed by atoms with E-state index in [4.69, 9.17) is 4.42 Å². The highest BCUT2D eigenvalue weighted by atomic mass is 16.4. The number of rotatable bonds is 6. The van der Waals surface area contributed by atoms with Gasteiger partial charge in [-0.2, -0.15) is 0 Å². The Morgan fingerprint density at radius 1 is 1.31 bits per heavy atom. The van der Waals surface area contributed by atoms with Gasteiger partial charge in [0.15, 0.2) is 5.76 Å². The molecule has 1 aromatic carbocycles. The molecule has 0 radical (unpaired) electrons. The first-order chi connectivity index (χ1) is 13.8. The van der Waals surface area contributed by atoms with Crippen LogP contribution in [0.5, 0.6) is 0 Å². The van der Waals surface area contributed by atoms with E-state index in [-0.39, 0.29) is 17.2 Å². The number of aryl methyl sites for hydroxylation is 1. The summed E-state index contributed by atoms with van der Waals surface area (Å²) >= 11 is 0. The topological polar surface area (TPSA) is 78.6 Å². The minimum absolute atomic E-state index is 0.152. The molecule has 2 aromatic rings. The molecular weight excluding hydrogens is 366 g/mol. The number of nitrogens with zero attached hydrogens (tertiary/aromatic N) is 2. The largest absolute Gasteiger partial charge is 0.439 e. The van der Waals surface area contributed by atoms with Gasteiger partial charge in [0, 0.05) is 31.1 Å². The Morgan fingerprint density at radius 2 is 2.00 bits per heavy atom. The summed E-state index contributed by atoms with van der Waals surface area (Å²) in [6.07, 6.45) is 3.92. The molecule has 6 heteroatoms. The summed E-state index contributed by atoms with van der Waals surface area (Å²) in [6.45, 7) is 8.52. The van der Waals surface area contributed by atoms with Crippen LogP contribution in [-0.2, 0) is 11.3 Å². The molecule has 2 N–H and O–H groups in total. The number of hydrogen-bond donors (Lipinski definition) is 2. The molecule has 1 unspecified atom stereocenters. The Bertz CT molecular complexity index is 881. The number of benzene rings is 1. The smallest absolute Gasteiger partial charge is 0.226 e. The highest BCUT2D eigenvalue weighted by Crippen LogP contribution is 2.52. The third-order valence-electron chi connectivity index (χ3n) is 6.51. The maximum Gasteiger partial charge on any atom is 0.226 e. The number of carbonyl (C=O) groups excluding carboxylic acids is 1. The van der Waals surface area contributed by atoms with Gasteiger partial charge in [-0.3, -0.25) is 4.79 Å². The van der Waals surface area contributed by atoms with Crippen molar-refractivity contribution in [2.45, 2.75) is 52.2 Å². The van der Waals surface area contributed by atoms with Gasteiger partial charge >= 0.3 is 0 Å². The van der Waals surface area contributed by atoms with E-state index in [2.05, 4.69) is 24.1 Å². The third kappa shape index (κ3) is 4.38. The number of carbonyl (C=O) groups is 1. The number of amides is 1. The minimum Gasteiger partial charge on any atom is -0.439 e. The maximum atomic E-state index is 12.5. The summed E-state index contributed by atoms with van der Waals surface area (Å²) in [6, 6.07) is 8.06. The summed E-state index contributed by atoms with van der Waals surface area (Å²) in [5, 5.41) is 14.1. The second-order valence-corrected chi connectivity index (χ2v) is 9.33. The fraction of sp³-hybridized carbons (Fsp3) is 0.565. The average molecular weight is 398 g/mol. The van der Waals surface area contributed by atoms with Crippen LogP contribution in [0.1, 0.15) is 44.6 Å². The standard InChI is InChI=1S/C23H31N3O3/c1-16-6-4-5-7-17(16)19-13-25-20(29-19)14-24-15-23(28)8-10-26(11-9-23)21(27)18-12-22(18,2)3/h4-7,13,18,24,28H,8-12,14-15H2,1-3H3. The van der Waals surface area contributed by atoms with Gasteiger partial charge < -0.3 is 19.7 Å². The van der Waals surface area contributed by atoms with Crippen LogP contribution >= 0.6 is 0 Å². The van der Waals surface area contributed by atoms with Gasteiger partial charge in [0.2, 0.25) is 11.8 Å². The lowest BCUT2D eigenvalue weighted by Gasteiger charge is -2.38. The molecule has 2 aliphatic rings. The van der Waals surface area contributed by atoms with Crippen LogP contribution in [0.25, 0.3) is 11.3 Å². The molecule has 4 rings (SSSR count). The number of aliphatic hydroxyl groups is 1.